The lowest BCUT2D eigenvalue weighted by molar-refractivity contribution is -0.138. The Morgan fingerprint density at radius 2 is 2.06 bits per heavy atom. The van der Waals surface area contributed by atoms with Crippen LogP contribution < -0.4 is 5.32 Å². The minimum Gasteiger partial charge on any atom is -0.481 e. The molecular weight excluding hydrogens is 220 g/mol. The van der Waals surface area contributed by atoms with E-state index in [0.717, 1.165) is 25.7 Å². The molecule has 1 saturated carbocycles. The molecule has 1 fully saturated rings. The summed E-state index contributed by atoms with van der Waals surface area (Å²) >= 11 is 0. The number of carbonyl (C=O) groups is 2. The second-order valence-electron chi connectivity index (χ2n) is 4.55. The molecule has 94 valence electrons. The van der Waals surface area contributed by atoms with Crippen LogP contribution in [0.15, 0.2) is 0 Å². The molecule has 0 aliphatic heterocycles. The molecular formula is C12H18N2O3. The quantitative estimate of drug-likeness (QED) is 0.719. The summed E-state index contributed by atoms with van der Waals surface area (Å²) in [6, 6.07) is -0.300. The summed E-state index contributed by atoms with van der Waals surface area (Å²) < 4.78 is 0. The normalized spacial score (nSPS) is 17.2. The Labute approximate surface area is 101 Å². The number of terminal acetylenes is 1. The third-order valence-electron chi connectivity index (χ3n) is 3.10. The van der Waals surface area contributed by atoms with Gasteiger partial charge >= 0.3 is 12.0 Å². The summed E-state index contributed by atoms with van der Waals surface area (Å²) in [6.07, 6.45) is 8.43. The molecule has 0 spiro atoms. The lowest BCUT2D eigenvalue weighted by atomic mass is 9.93. The van der Waals surface area contributed by atoms with Gasteiger partial charge in [0.05, 0.1) is 18.5 Å². The number of nitrogens with one attached hydrogen (secondary N) is 1. The molecule has 2 N–H and O–H groups in total. The molecule has 5 nitrogen and oxygen atoms in total. The summed E-state index contributed by atoms with van der Waals surface area (Å²) in [7, 11) is 1.60. The van der Waals surface area contributed by atoms with Crippen molar-refractivity contribution in [1.29, 1.82) is 0 Å². The van der Waals surface area contributed by atoms with Crippen LogP contribution in [-0.2, 0) is 4.79 Å². The van der Waals surface area contributed by atoms with Gasteiger partial charge in [-0.25, -0.2) is 4.79 Å². The van der Waals surface area contributed by atoms with E-state index >= 15 is 0 Å². The Morgan fingerprint density at radius 1 is 1.47 bits per heavy atom. The van der Waals surface area contributed by atoms with Gasteiger partial charge in [0.15, 0.2) is 0 Å². The highest BCUT2D eigenvalue weighted by Gasteiger charge is 2.37. The first kappa shape index (κ1) is 13.4. The van der Waals surface area contributed by atoms with E-state index in [-0.39, 0.29) is 19.0 Å². The fraction of sp³-hybridized carbons (Fsp3) is 0.667. The smallest absolute Gasteiger partial charge is 0.318 e. The number of hydrogen-bond acceptors (Lipinski definition) is 2. The van der Waals surface area contributed by atoms with Crippen molar-refractivity contribution in [2.24, 2.45) is 0 Å². The molecule has 0 unspecified atom stereocenters. The van der Waals surface area contributed by atoms with Gasteiger partial charge in [0, 0.05) is 7.05 Å². The molecule has 0 aromatic rings. The Hall–Kier alpha value is -1.70. The van der Waals surface area contributed by atoms with Crippen molar-refractivity contribution in [3.8, 4) is 12.3 Å². The van der Waals surface area contributed by atoms with Gasteiger partial charge in [-0.3, -0.25) is 4.79 Å². The van der Waals surface area contributed by atoms with Crippen LogP contribution in [0.3, 0.4) is 0 Å². The maximum atomic E-state index is 11.8. The van der Waals surface area contributed by atoms with Gasteiger partial charge in [-0.2, -0.15) is 0 Å². The molecule has 1 rings (SSSR count). The van der Waals surface area contributed by atoms with E-state index in [1.54, 1.807) is 7.05 Å². The number of urea groups is 1. The van der Waals surface area contributed by atoms with Crippen LogP contribution in [-0.4, -0.2) is 41.1 Å². The zero-order chi connectivity index (χ0) is 12.9. The topological polar surface area (TPSA) is 69.6 Å². The number of hydrogen-bond donors (Lipinski definition) is 2. The summed E-state index contributed by atoms with van der Waals surface area (Å²) in [6.45, 7) is 0.217. The first-order valence-electron chi connectivity index (χ1n) is 5.68. The summed E-state index contributed by atoms with van der Waals surface area (Å²) in [4.78, 5) is 24.0. The monoisotopic (exact) mass is 238 g/mol. The van der Waals surface area contributed by atoms with E-state index in [4.69, 9.17) is 11.5 Å². The molecule has 5 heteroatoms. The maximum absolute atomic E-state index is 11.8. The molecule has 0 radical (unpaired) electrons. The van der Waals surface area contributed by atoms with Gasteiger partial charge in [-0.05, 0) is 12.8 Å². The van der Waals surface area contributed by atoms with E-state index in [2.05, 4.69) is 11.2 Å². The van der Waals surface area contributed by atoms with Gasteiger partial charge in [0.1, 0.15) is 0 Å². The highest BCUT2D eigenvalue weighted by atomic mass is 16.4. The molecule has 17 heavy (non-hydrogen) atoms. The first-order chi connectivity index (χ1) is 7.99. The van der Waals surface area contributed by atoms with E-state index < -0.39 is 11.5 Å². The standard InChI is InChI=1S/C12H18N2O3/c1-3-8-14(2)11(17)13-12(9-10(15)16)6-4-5-7-12/h1H,4-9H2,2H3,(H,13,17)(H,15,16). The first-order valence-corrected chi connectivity index (χ1v) is 5.68. The summed E-state index contributed by atoms with van der Waals surface area (Å²) in [5.74, 6) is 1.49. The van der Waals surface area contributed by atoms with Crippen molar-refractivity contribution >= 4 is 12.0 Å². The molecule has 1 aliphatic rings. The molecule has 1 aliphatic carbocycles. The number of carboxylic acids is 1. The zero-order valence-electron chi connectivity index (χ0n) is 10.0. The SMILES string of the molecule is C#CCN(C)C(=O)NC1(CC(=O)O)CCCC1. The molecule has 0 aromatic carbocycles. The highest BCUT2D eigenvalue weighted by Crippen LogP contribution is 2.32. The molecule has 0 heterocycles. The van der Waals surface area contributed by atoms with Crippen molar-refractivity contribution in [3.05, 3.63) is 0 Å². The fourth-order valence-electron chi connectivity index (χ4n) is 2.22. The zero-order valence-corrected chi connectivity index (χ0v) is 10.0. The minimum atomic E-state index is -0.883. The third kappa shape index (κ3) is 3.66. The highest BCUT2D eigenvalue weighted by molar-refractivity contribution is 5.77. The van der Waals surface area contributed by atoms with Crippen LogP contribution in [0.25, 0.3) is 0 Å². The molecule has 2 amide bonds. The Bertz CT molecular complexity index is 340. The maximum Gasteiger partial charge on any atom is 0.318 e. The van der Waals surface area contributed by atoms with Crippen molar-refractivity contribution in [2.75, 3.05) is 13.6 Å². The lowest BCUT2D eigenvalue weighted by Gasteiger charge is -2.30. The van der Waals surface area contributed by atoms with Crippen LogP contribution in [0.2, 0.25) is 0 Å². The van der Waals surface area contributed by atoms with Crippen molar-refractivity contribution in [2.45, 2.75) is 37.6 Å². The van der Waals surface area contributed by atoms with E-state index in [9.17, 15) is 9.59 Å². The Balaban J connectivity index is 2.64. The van der Waals surface area contributed by atoms with Crippen LogP contribution in [0.4, 0.5) is 4.79 Å². The van der Waals surface area contributed by atoms with Crippen LogP contribution in [0.1, 0.15) is 32.1 Å². The van der Waals surface area contributed by atoms with Crippen molar-refractivity contribution < 1.29 is 14.7 Å². The van der Waals surface area contributed by atoms with E-state index in [1.807, 2.05) is 0 Å². The van der Waals surface area contributed by atoms with Crippen molar-refractivity contribution in [1.82, 2.24) is 10.2 Å². The van der Waals surface area contributed by atoms with Crippen LogP contribution >= 0.6 is 0 Å². The predicted octanol–water partition coefficient (Wildman–Crippen LogP) is 1.05. The lowest BCUT2D eigenvalue weighted by Crippen LogP contribution is -2.52. The number of carbonyl (C=O) groups excluding carboxylic acids is 1. The summed E-state index contributed by atoms with van der Waals surface area (Å²) in [5, 5.41) is 11.7. The van der Waals surface area contributed by atoms with Crippen LogP contribution in [0.5, 0.6) is 0 Å². The van der Waals surface area contributed by atoms with Gasteiger partial charge in [0.2, 0.25) is 0 Å². The van der Waals surface area contributed by atoms with E-state index in [1.165, 1.54) is 4.90 Å². The Morgan fingerprint density at radius 3 is 2.53 bits per heavy atom. The van der Waals surface area contributed by atoms with E-state index in [0.29, 0.717) is 0 Å². The van der Waals surface area contributed by atoms with Crippen molar-refractivity contribution in [3.63, 3.8) is 0 Å². The largest absolute Gasteiger partial charge is 0.481 e. The average Bonchev–Trinajstić information content (AvgIpc) is 2.65. The predicted molar refractivity (Wildman–Crippen MR) is 63.4 cm³/mol. The van der Waals surface area contributed by atoms with Gasteiger partial charge in [0.25, 0.3) is 0 Å². The number of amides is 2. The van der Waals surface area contributed by atoms with Gasteiger partial charge in [-0.15, -0.1) is 6.42 Å². The number of nitrogens with zero attached hydrogens (tertiary/aromatic N) is 1. The average molecular weight is 238 g/mol. The molecule has 0 bridgehead atoms. The molecule has 0 saturated heterocycles. The van der Waals surface area contributed by atoms with Gasteiger partial charge in [-0.1, -0.05) is 18.8 Å². The molecule has 0 aromatic heterocycles. The number of aliphatic carboxylic acids is 1. The summed E-state index contributed by atoms with van der Waals surface area (Å²) in [5.41, 5.74) is -0.591. The van der Waals surface area contributed by atoms with Gasteiger partial charge < -0.3 is 15.3 Å². The second-order valence-corrected chi connectivity index (χ2v) is 4.55. The second kappa shape index (κ2) is 5.58. The Kier molecular flexibility index (Phi) is 4.38. The fourth-order valence-corrected chi connectivity index (χ4v) is 2.22. The number of rotatable bonds is 4. The minimum absolute atomic E-state index is 0.0252. The number of carboxylic acid groups (broad SMARTS) is 1. The third-order valence-corrected chi connectivity index (χ3v) is 3.10. The molecule has 0 atom stereocenters. The van der Waals surface area contributed by atoms with Crippen LogP contribution in [0, 0.1) is 12.3 Å².